The number of carbonyl (C=O) groups is 1. The maximum Gasteiger partial charge on any atom is 0.231 e. The molecule has 0 radical (unpaired) electrons. The van der Waals surface area contributed by atoms with Gasteiger partial charge in [-0.15, -0.1) is 0 Å². The van der Waals surface area contributed by atoms with Crippen molar-refractivity contribution in [1.82, 2.24) is 10.3 Å². The smallest absolute Gasteiger partial charge is 0.231 e. The number of nitrogens with one attached hydrogen (secondary N) is 2. The van der Waals surface area contributed by atoms with E-state index in [2.05, 4.69) is 16.4 Å². The molecule has 23 heavy (non-hydrogen) atoms. The van der Waals surface area contributed by atoms with E-state index in [1.54, 1.807) is 0 Å². The number of hydrogen-bond donors (Lipinski definition) is 2. The third-order valence-electron chi connectivity index (χ3n) is 4.66. The van der Waals surface area contributed by atoms with Crippen molar-refractivity contribution in [1.29, 1.82) is 0 Å². The third kappa shape index (κ3) is 2.51. The van der Waals surface area contributed by atoms with Gasteiger partial charge in [-0.05, 0) is 42.2 Å². The summed E-state index contributed by atoms with van der Waals surface area (Å²) in [6, 6.07) is 15.7. The fourth-order valence-corrected chi connectivity index (χ4v) is 3.29. The molecule has 1 aliphatic rings. The number of para-hydroxylation sites is 1. The molecule has 1 amide bonds. The highest BCUT2D eigenvalue weighted by Crippen LogP contribution is 2.50. The number of halogens is 1. The van der Waals surface area contributed by atoms with Gasteiger partial charge in [0.15, 0.2) is 0 Å². The van der Waals surface area contributed by atoms with Crippen LogP contribution in [0.5, 0.6) is 0 Å². The van der Waals surface area contributed by atoms with E-state index in [-0.39, 0.29) is 11.3 Å². The van der Waals surface area contributed by atoms with Crippen LogP contribution >= 0.6 is 11.6 Å². The molecule has 3 aromatic rings. The van der Waals surface area contributed by atoms with Gasteiger partial charge in [-0.2, -0.15) is 0 Å². The molecule has 0 bridgehead atoms. The van der Waals surface area contributed by atoms with Crippen molar-refractivity contribution in [2.24, 2.45) is 0 Å². The van der Waals surface area contributed by atoms with Crippen LogP contribution in [-0.2, 0) is 16.8 Å². The molecule has 0 unspecified atom stereocenters. The Hall–Kier alpha value is -2.26. The summed E-state index contributed by atoms with van der Waals surface area (Å²) in [5.41, 5.74) is 2.88. The summed E-state index contributed by atoms with van der Waals surface area (Å²) in [5, 5.41) is 4.93. The number of aromatic amines is 1. The minimum absolute atomic E-state index is 0.109. The Morgan fingerprint density at radius 3 is 2.61 bits per heavy atom. The zero-order valence-corrected chi connectivity index (χ0v) is 13.4. The second kappa shape index (κ2) is 5.43. The van der Waals surface area contributed by atoms with E-state index >= 15 is 0 Å². The van der Waals surface area contributed by atoms with E-state index < -0.39 is 0 Å². The summed E-state index contributed by atoms with van der Waals surface area (Å²) >= 11 is 5.89. The highest BCUT2D eigenvalue weighted by molar-refractivity contribution is 6.30. The maximum atomic E-state index is 12.8. The van der Waals surface area contributed by atoms with Crippen LogP contribution < -0.4 is 5.32 Å². The molecule has 1 fully saturated rings. The molecular weight excluding hydrogens is 308 g/mol. The standard InChI is InChI=1S/C19H17ClN2O/c20-14-7-5-13(6-8-14)11-22-18(23)19(9-10-19)16-12-21-17-4-2-1-3-15(16)17/h1-8,12,21H,9-11H2,(H,22,23). The van der Waals surface area contributed by atoms with Gasteiger partial charge in [-0.3, -0.25) is 4.79 Å². The molecule has 116 valence electrons. The first-order valence-corrected chi connectivity index (χ1v) is 8.16. The summed E-state index contributed by atoms with van der Waals surface area (Å²) < 4.78 is 0. The summed E-state index contributed by atoms with van der Waals surface area (Å²) in [6.07, 6.45) is 3.79. The fourth-order valence-electron chi connectivity index (χ4n) is 3.16. The van der Waals surface area contributed by atoms with Crippen LogP contribution in [0.15, 0.2) is 54.7 Å². The first-order valence-electron chi connectivity index (χ1n) is 7.78. The average Bonchev–Trinajstić information content (AvgIpc) is 3.27. The number of aromatic nitrogens is 1. The summed E-state index contributed by atoms with van der Waals surface area (Å²) in [6.45, 7) is 0.528. The Morgan fingerprint density at radius 2 is 1.87 bits per heavy atom. The van der Waals surface area contributed by atoms with E-state index in [9.17, 15) is 4.79 Å². The number of H-pyrrole nitrogens is 1. The van der Waals surface area contributed by atoms with Crippen molar-refractivity contribution in [3.63, 3.8) is 0 Å². The van der Waals surface area contributed by atoms with Gasteiger partial charge in [0.05, 0.1) is 5.41 Å². The number of fused-ring (bicyclic) bond motifs is 1. The van der Waals surface area contributed by atoms with E-state index in [1.807, 2.05) is 48.7 Å². The van der Waals surface area contributed by atoms with Crippen molar-refractivity contribution in [3.05, 3.63) is 70.9 Å². The number of amides is 1. The van der Waals surface area contributed by atoms with Gasteiger partial charge >= 0.3 is 0 Å². The zero-order valence-electron chi connectivity index (χ0n) is 12.6. The Bertz CT molecular complexity index is 862. The van der Waals surface area contributed by atoms with Crippen molar-refractivity contribution >= 4 is 28.4 Å². The van der Waals surface area contributed by atoms with E-state index in [0.29, 0.717) is 11.6 Å². The molecule has 0 spiro atoms. The predicted molar refractivity (Wildman–Crippen MR) is 92.5 cm³/mol. The van der Waals surface area contributed by atoms with Crippen molar-refractivity contribution < 1.29 is 4.79 Å². The highest BCUT2D eigenvalue weighted by Gasteiger charge is 2.52. The van der Waals surface area contributed by atoms with Gasteiger partial charge in [0.25, 0.3) is 0 Å². The van der Waals surface area contributed by atoms with Gasteiger partial charge in [0.2, 0.25) is 5.91 Å². The summed E-state index contributed by atoms with van der Waals surface area (Å²) in [7, 11) is 0. The van der Waals surface area contributed by atoms with Crippen molar-refractivity contribution in [2.45, 2.75) is 24.8 Å². The molecule has 1 aromatic heterocycles. The number of carbonyl (C=O) groups excluding carboxylic acids is 1. The molecule has 0 saturated heterocycles. The maximum absolute atomic E-state index is 12.8. The van der Waals surface area contributed by atoms with Crippen LogP contribution in [0.25, 0.3) is 10.9 Å². The lowest BCUT2D eigenvalue weighted by molar-refractivity contribution is -0.123. The largest absolute Gasteiger partial charge is 0.361 e. The van der Waals surface area contributed by atoms with Crippen LogP contribution in [0.1, 0.15) is 24.0 Å². The molecule has 1 aliphatic carbocycles. The predicted octanol–water partition coefficient (Wildman–Crippen LogP) is 4.17. The van der Waals surface area contributed by atoms with Crippen LogP contribution in [0.2, 0.25) is 5.02 Å². The number of rotatable bonds is 4. The van der Waals surface area contributed by atoms with Crippen LogP contribution in [0.4, 0.5) is 0 Å². The molecule has 4 rings (SSSR count). The molecule has 3 nitrogen and oxygen atoms in total. The van der Waals surface area contributed by atoms with E-state index in [0.717, 1.165) is 34.9 Å². The molecule has 0 atom stereocenters. The summed E-state index contributed by atoms with van der Waals surface area (Å²) in [4.78, 5) is 16.0. The van der Waals surface area contributed by atoms with Gasteiger partial charge in [0.1, 0.15) is 0 Å². The normalized spacial score (nSPS) is 15.5. The second-order valence-corrected chi connectivity index (χ2v) is 6.58. The summed E-state index contributed by atoms with van der Waals surface area (Å²) in [5.74, 6) is 0.109. The SMILES string of the molecule is O=C(NCc1ccc(Cl)cc1)C1(c2c[nH]c3ccccc23)CC1. The minimum Gasteiger partial charge on any atom is -0.361 e. The van der Waals surface area contributed by atoms with Crippen molar-refractivity contribution in [3.8, 4) is 0 Å². The van der Waals surface area contributed by atoms with Gasteiger partial charge in [-0.25, -0.2) is 0 Å². The monoisotopic (exact) mass is 324 g/mol. The molecule has 2 aromatic carbocycles. The first kappa shape index (κ1) is 14.3. The lowest BCUT2D eigenvalue weighted by Crippen LogP contribution is -2.34. The molecule has 0 aliphatic heterocycles. The van der Waals surface area contributed by atoms with Crippen LogP contribution in [-0.4, -0.2) is 10.9 Å². The van der Waals surface area contributed by atoms with Gasteiger partial charge < -0.3 is 10.3 Å². The van der Waals surface area contributed by atoms with Crippen LogP contribution in [0.3, 0.4) is 0 Å². The Balaban J connectivity index is 1.54. The quantitative estimate of drug-likeness (QED) is 0.743. The first-order chi connectivity index (χ1) is 11.2. The molecular formula is C19H17ClN2O. The lowest BCUT2D eigenvalue weighted by atomic mass is 9.94. The third-order valence-corrected chi connectivity index (χ3v) is 4.91. The lowest BCUT2D eigenvalue weighted by Gasteiger charge is -2.15. The van der Waals surface area contributed by atoms with Gasteiger partial charge in [-0.1, -0.05) is 41.9 Å². The Kier molecular flexibility index (Phi) is 3.38. The highest BCUT2D eigenvalue weighted by atomic mass is 35.5. The van der Waals surface area contributed by atoms with E-state index in [4.69, 9.17) is 11.6 Å². The van der Waals surface area contributed by atoms with E-state index in [1.165, 1.54) is 0 Å². The number of benzene rings is 2. The molecule has 1 heterocycles. The Labute approximate surface area is 139 Å². The fraction of sp³-hybridized carbons (Fsp3) is 0.211. The molecule has 2 N–H and O–H groups in total. The second-order valence-electron chi connectivity index (χ2n) is 6.14. The van der Waals surface area contributed by atoms with Crippen LogP contribution in [0, 0.1) is 0 Å². The average molecular weight is 325 g/mol. The minimum atomic E-state index is -0.369. The van der Waals surface area contributed by atoms with Crippen molar-refractivity contribution in [2.75, 3.05) is 0 Å². The molecule has 1 saturated carbocycles. The molecule has 4 heteroatoms. The Morgan fingerprint density at radius 1 is 1.13 bits per heavy atom. The zero-order chi connectivity index (χ0) is 15.9. The topological polar surface area (TPSA) is 44.9 Å². The number of hydrogen-bond acceptors (Lipinski definition) is 1. The van der Waals surface area contributed by atoms with Gasteiger partial charge in [0, 0.05) is 28.7 Å².